The number of aromatic amines is 1. The molecule has 0 atom stereocenters. The van der Waals surface area contributed by atoms with Crippen LogP contribution in [-0.2, 0) is 0 Å². The fourth-order valence-electron chi connectivity index (χ4n) is 1.75. The molecular weight excluding hydrogens is 242 g/mol. The maximum atomic E-state index is 9.03. The molecule has 3 nitrogen and oxygen atoms in total. The minimum absolute atomic E-state index is 0.455. The molecular formula is C14H15N3S. The van der Waals surface area contributed by atoms with Crippen molar-refractivity contribution in [1.82, 2.24) is 9.97 Å². The SMILES string of the molecule is Cc1nc(C#N)c(-c2ccc(SC(C)C)cc2)[nH]1. The van der Waals surface area contributed by atoms with E-state index >= 15 is 0 Å². The molecule has 0 fully saturated rings. The lowest BCUT2D eigenvalue weighted by Gasteiger charge is -2.05. The summed E-state index contributed by atoms with van der Waals surface area (Å²) < 4.78 is 0. The van der Waals surface area contributed by atoms with Crippen molar-refractivity contribution in [2.24, 2.45) is 0 Å². The van der Waals surface area contributed by atoms with Gasteiger partial charge < -0.3 is 4.98 Å². The first-order chi connectivity index (χ1) is 8.60. The highest BCUT2D eigenvalue weighted by Gasteiger charge is 2.09. The van der Waals surface area contributed by atoms with Gasteiger partial charge in [0.05, 0.1) is 5.69 Å². The number of imidazole rings is 1. The molecule has 0 aliphatic carbocycles. The lowest BCUT2D eigenvalue weighted by molar-refractivity contribution is 1.11. The Bertz CT molecular complexity index is 576. The Kier molecular flexibility index (Phi) is 3.73. The second-order valence-electron chi connectivity index (χ2n) is 4.35. The molecule has 1 heterocycles. The first-order valence-corrected chi connectivity index (χ1v) is 6.72. The Morgan fingerprint density at radius 1 is 1.28 bits per heavy atom. The quantitative estimate of drug-likeness (QED) is 0.852. The van der Waals surface area contributed by atoms with E-state index in [1.165, 1.54) is 4.90 Å². The summed E-state index contributed by atoms with van der Waals surface area (Å²) in [5.41, 5.74) is 2.26. The fraction of sp³-hybridized carbons (Fsp3) is 0.286. The summed E-state index contributed by atoms with van der Waals surface area (Å²) in [6.07, 6.45) is 0. The molecule has 0 spiro atoms. The van der Waals surface area contributed by atoms with Crippen LogP contribution in [0.3, 0.4) is 0 Å². The van der Waals surface area contributed by atoms with E-state index in [0.29, 0.717) is 10.9 Å². The number of hydrogen-bond donors (Lipinski definition) is 1. The maximum Gasteiger partial charge on any atom is 0.166 e. The monoisotopic (exact) mass is 257 g/mol. The van der Waals surface area contributed by atoms with Crippen molar-refractivity contribution in [3.8, 4) is 17.3 Å². The molecule has 2 rings (SSSR count). The summed E-state index contributed by atoms with van der Waals surface area (Å²) in [6, 6.07) is 10.3. The summed E-state index contributed by atoms with van der Waals surface area (Å²) in [7, 11) is 0. The molecule has 0 bridgehead atoms. The minimum atomic E-state index is 0.455. The highest BCUT2D eigenvalue weighted by molar-refractivity contribution is 7.99. The van der Waals surface area contributed by atoms with Crippen LogP contribution in [0.4, 0.5) is 0 Å². The molecule has 0 unspecified atom stereocenters. The number of nitrogens with zero attached hydrogens (tertiary/aromatic N) is 2. The summed E-state index contributed by atoms with van der Waals surface area (Å²) >= 11 is 1.83. The second kappa shape index (κ2) is 5.28. The number of thioether (sulfide) groups is 1. The molecule has 92 valence electrons. The van der Waals surface area contributed by atoms with Gasteiger partial charge in [0.15, 0.2) is 5.69 Å². The van der Waals surface area contributed by atoms with E-state index in [1.807, 2.05) is 30.8 Å². The number of benzene rings is 1. The van der Waals surface area contributed by atoms with Crippen LogP contribution in [0.2, 0.25) is 0 Å². The fourth-order valence-corrected chi connectivity index (χ4v) is 2.59. The number of hydrogen-bond acceptors (Lipinski definition) is 3. The molecule has 1 aromatic heterocycles. The zero-order valence-corrected chi connectivity index (χ0v) is 11.5. The third-order valence-electron chi connectivity index (χ3n) is 2.44. The van der Waals surface area contributed by atoms with Gasteiger partial charge in [0.25, 0.3) is 0 Å². The number of aromatic nitrogens is 2. The molecule has 0 saturated heterocycles. The molecule has 0 saturated carbocycles. The van der Waals surface area contributed by atoms with E-state index in [1.54, 1.807) is 0 Å². The van der Waals surface area contributed by atoms with E-state index in [2.05, 4.69) is 42.0 Å². The first kappa shape index (κ1) is 12.7. The van der Waals surface area contributed by atoms with Crippen molar-refractivity contribution in [2.75, 3.05) is 0 Å². The average Bonchev–Trinajstić information content (AvgIpc) is 2.71. The van der Waals surface area contributed by atoms with Crippen molar-refractivity contribution in [2.45, 2.75) is 30.9 Å². The maximum absolute atomic E-state index is 9.03. The number of nitriles is 1. The average molecular weight is 257 g/mol. The second-order valence-corrected chi connectivity index (χ2v) is 6.00. The van der Waals surface area contributed by atoms with Crippen LogP contribution in [0, 0.1) is 18.3 Å². The van der Waals surface area contributed by atoms with Crippen molar-refractivity contribution in [3.63, 3.8) is 0 Å². The van der Waals surface area contributed by atoms with Gasteiger partial charge in [-0.05, 0) is 19.1 Å². The van der Waals surface area contributed by atoms with E-state index in [9.17, 15) is 0 Å². The van der Waals surface area contributed by atoms with Crippen LogP contribution in [0.15, 0.2) is 29.2 Å². The zero-order valence-electron chi connectivity index (χ0n) is 10.7. The van der Waals surface area contributed by atoms with Gasteiger partial charge in [-0.2, -0.15) is 5.26 Å². The smallest absolute Gasteiger partial charge is 0.166 e. The zero-order chi connectivity index (χ0) is 13.1. The molecule has 2 aromatic rings. The molecule has 0 aliphatic heterocycles. The van der Waals surface area contributed by atoms with Crippen LogP contribution < -0.4 is 0 Å². The van der Waals surface area contributed by atoms with Gasteiger partial charge in [0.2, 0.25) is 0 Å². The van der Waals surface area contributed by atoms with Crippen LogP contribution >= 0.6 is 11.8 Å². The Morgan fingerprint density at radius 3 is 2.50 bits per heavy atom. The van der Waals surface area contributed by atoms with Gasteiger partial charge in [-0.3, -0.25) is 0 Å². The molecule has 18 heavy (non-hydrogen) atoms. The molecule has 0 aliphatic rings. The Labute approximate surface area is 111 Å². The molecule has 0 radical (unpaired) electrons. The lowest BCUT2D eigenvalue weighted by Crippen LogP contribution is -1.86. The third-order valence-corrected chi connectivity index (χ3v) is 3.46. The van der Waals surface area contributed by atoms with Gasteiger partial charge >= 0.3 is 0 Å². The van der Waals surface area contributed by atoms with Crippen LogP contribution in [-0.4, -0.2) is 15.2 Å². The molecule has 4 heteroatoms. The van der Waals surface area contributed by atoms with Gasteiger partial charge in [-0.25, -0.2) is 4.98 Å². The number of aryl methyl sites for hydroxylation is 1. The third kappa shape index (κ3) is 2.74. The van der Waals surface area contributed by atoms with Crippen molar-refractivity contribution in [3.05, 3.63) is 35.8 Å². The van der Waals surface area contributed by atoms with Crippen molar-refractivity contribution < 1.29 is 0 Å². The Hall–Kier alpha value is -1.73. The standard InChI is InChI=1S/C14H15N3S/c1-9(2)18-12-6-4-11(5-7-12)14-13(8-15)16-10(3)17-14/h4-7,9H,1-3H3,(H,16,17). The predicted octanol–water partition coefficient (Wildman–Crippen LogP) is 3.76. The van der Waals surface area contributed by atoms with Crippen molar-refractivity contribution in [1.29, 1.82) is 5.26 Å². The predicted molar refractivity (Wildman–Crippen MR) is 74.5 cm³/mol. The Morgan fingerprint density at radius 2 is 1.94 bits per heavy atom. The van der Waals surface area contributed by atoms with Gasteiger partial charge in [0.1, 0.15) is 11.9 Å². The van der Waals surface area contributed by atoms with E-state index in [-0.39, 0.29) is 0 Å². The largest absolute Gasteiger partial charge is 0.341 e. The highest BCUT2D eigenvalue weighted by atomic mass is 32.2. The lowest BCUT2D eigenvalue weighted by atomic mass is 10.1. The highest BCUT2D eigenvalue weighted by Crippen LogP contribution is 2.27. The van der Waals surface area contributed by atoms with Crippen LogP contribution in [0.1, 0.15) is 25.4 Å². The van der Waals surface area contributed by atoms with E-state index in [0.717, 1.165) is 17.1 Å². The first-order valence-electron chi connectivity index (χ1n) is 5.84. The molecule has 1 aromatic carbocycles. The van der Waals surface area contributed by atoms with Gasteiger partial charge in [-0.1, -0.05) is 26.0 Å². The minimum Gasteiger partial charge on any atom is -0.341 e. The van der Waals surface area contributed by atoms with Crippen LogP contribution in [0.5, 0.6) is 0 Å². The van der Waals surface area contributed by atoms with E-state index in [4.69, 9.17) is 5.26 Å². The van der Waals surface area contributed by atoms with Crippen molar-refractivity contribution >= 4 is 11.8 Å². The molecule has 0 amide bonds. The molecule has 1 N–H and O–H groups in total. The Balaban J connectivity index is 2.32. The number of rotatable bonds is 3. The summed E-state index contributed by atoms with van der Waals surface area (Å²) in [5.74, 6) is 0.766. The number of nitrogens with one attached hydrogen (secondary N) is 1. The van der Waals surface area contributed by atoms with Gasteiger partial charge in [0, 0.05) is 15.7 Å². The number of H-pyrrole nitrogens is 1. The topological polar surface area (TPSA) is 52.5 Å². The summed E-state index contributed by atoms with van der Waals surface area (Å²) in [6.45, 7) is 6.20. The van der Waals surface area contributed by atoms with E-state index < -0.39 is 0 Å². The normalized spacial score (nSPS) is 10.6. The van der Waals surface area contributed by atoms with Gasteiger partial charge in [-0.15, -0.1) is 11.8 Å². The summed E-state index contributed by atoms with van der Waals surface area (Å²) in [4.78, 5) is 8.53. The van der Waals surface area contributed by atoms with Crippen LogP contribution in [0.25, 0.3) is 11.3 Å². The summed E-state index contributed by atoms with van der Waals surface area (Å²) in [5, 5.41) is 9.60.